The number of rotatable bonds is 9. The van der Waals surface area contributed by atoms with Crippen molar-refractivity contribution in [2.45, 2.75) is 45.3 Å². The molecule has 1 atom stereocenters. The molecular weight excluding hydrogens is 531 g/mol. The smallest absolute Gasteiger partial charge is 0.258 e. The first-order chi connectivity index (χ1) is 20.4. The van der Waals surface area contributed by atoms with Crippen molar-refractivity contribution in [3.05, 3.63) is 112 Å². The first kappa shape index (κ1) is 27.8. The van der Waals surface area contributed by atoms with Crippen LogP contribution in [0.4, 0.5) is 4.39 Å². The summed E-state index contributed by atoms with van der Waals surface area (Å²) in [5.41, 5.74) is 7.07. The maximum Gasteiger partial charge on any atom is 0.258 e. The molecule has 1 saturated heterocycles. The maximum atomic E-state index is 13.6. The van der Waals surface area contributed by atoms with Gasteiger partial charge in [0.25, 0.3) is 5.91 Å². The number of nitrogens with zero attached hydrogens (tertiary/aromatic N) is 3. The molecule has 3 aromatic rings. The van der Waals surface area contributed by atoms with Gasteiger partial charge >= 0.3 is 0 Å². The van der Waals surface area contributed by atoms with Gasteiger partial charge in [-0.3, -0.25) is 19.2 Å². The molecule has 1 unspecified atom stereocenters. The van der Waals surface area contributed by atoms with Crippen LogP contribution in [0.15, 0.2) is 83.9 Å². The molecule has 1 fully saturated rings. The molecule has 3 aliphatic rings. The second-order valence-electron chi connectivity index (χ2n) is 11.3. The van der Waals surface area contributed by atoms with E-state index in [2.05, 4.69) is 39.6 Å². The Kier molecular flexibility index (Phi) is 8.15. The second kappa shape index (κ2) is 12.3. The zero-order chi connectivity index (χ0) is 29.1. The minimum absolute atomic E-state index is 0.0298. The van der Waals surface area contributed by atoms with Gasteiger partial charge in [-0.25, -0.2) is 4.39 Å². The lowest BCUT2D eigenvalue weighted by molar-refractivity contribution is -0.114. The zero-order valence-electron chi connectivity index (χ0n) is 23.8. The van der Waals surface area contributed by atoms with Crippen LogP contribution in [0.5, 0.6) is 5.75 Å². The fourth-order valence-electron chi connectivity index (χ4n) is 5.69. The van der Waals surface area contributed by atoms with E-state index >= 15 is 0 Å². The Morgan fingerprint density at radius 1 is 1.17 bits per heavy atom. The number of ketones is 1. The third kappa shape index (κ3) is 6.60. The lowest BCUT2D eigenvalue weighted by atomic mass is 9.93. The van der Waals surface area contributed by atoms with Gasteiger partial charge in [0.05, 0.1) is 18.3 Å². The van der Waals surface area contributed by atoms with Gasteiger partial charge in [-0.15, -0.1) is 0 Å². The minimum Gasteiger partial charge on any atom is -0.492 e. The average Bonchev–Trinajstić information content (AvgIpc) is 3.62. The van der Waals surface area contributed by atoms with Gasteiger partial charge in [0, 0.05) is 37.0 Å². The summed E-state index contributed by atoms with van der Waals surface area (Å²) in [7, 11) is 0. The van der Waals surface area contributed by atoms with Crippen LogP contribution >= 0.6 is 0 Å². The van der Waals surface area contributed by atoms with Gasteiger partial charge in [0.15, 0.2) is 5.78 Å². The monoisotopic (exact) mass is 566 g/mol. The number of piperidine rings is 1. The third-order valence-corrected chi connectivity index (χ3v) is 8.02. The van der Waals surface area contributed by atoms with Crippen molar-refractivity contribution in [3.63, 3.8) is 0 Å². The molecule has 8 heteroatoms. The van der Waals surface area contributed by atoms with Crippen molar-refractivity contribution in [1.82, 2.24) is 20.0 Å². The number of carbonyl (C=O) groups is 2. The minimum atomic E-state index is -0.740. The summed E-state index contributed by atoms with van der Waals surface area (Å²) in [6.45, 7) is 5.23. The topological polar surface area (TPSA) is 76.5 Å². The molecule has 2 aliphatic carbocycles. The van der Waals surface area contributed by atoms with Gasteiger partial charge in [0.2, 0.25) is 0 Å². The van der Waals surface area contributed by atoms with E-state index in [0.29, 0.717) is 55.9 Å². The normalized spacial score (nSPS) is 18.7. The van der Waals surface area contributed by atoms with Crippen molar-refractivity contribution in [2.75, 3.05) is 26.2 Å². The molecule has 1 amide bonds. The quantitative estimate of drug-likeness (QED) is 0.385. The number of amides is 1. The molecular formula is C34H35FN4O3. The molecule has 42 heavy (non-hydrogen) atoms. The Morgan fingerprint density at radius 2 is 2.02 bits per heavy atom. The van der Waals surface area contributed by atoms with E-state index in [9.17, 15) is 14.0 Å². The van der Waals surface area contributed by atoms with Crippen LogP contribution in [0.2, 0.25) is 0 Å². The zero-order valence-corrected chi connectivity index (χ0v) is 23.8. The Morgan fingerprint density at radius 3 is 2.86 bits per heavy atom. The molecule has 2 heterocycles. The first-order valence-electron chi connectivity index (χ1n) is 14.6. The number of Topliss-reactive ketones (excluding diaryl/α,β-unsaturated/α-hetero) is 1. The SMILES string of the molecule is Cc1ccc(Cn2cc(C(=O)NC3=CCC(=O)C(C4=Cc5cc(OCCN6CCCC(F)C6)ccc5C4)=C3)cn2)cc1. The van der Waals surface area contributed by atoms with Crippen molar-refractivity contribution >= 4 is 17.8 Å². The van der Waals surface area contributed by atoms with Crippen molar-refractivity contribution in [3.8, 4) is 5.75 Å². The number of aromatic nitrogens is 2. The summed E-state index contributed by atoms with van der Waals surface area (Å²) < 4.78 is 21.4. The number of fused-ring (bicyclic) bond motifs is 1. The fraction of sp³-hybridized carbons (Fsp3) is 0.324. The molecule has 1 aromatic heterocycles. The number of hydrogen-bond acceptors (Lipinski definition) is 5. The number of ether oxygens (including phenoxy) is 1. The number of alkyl halides is 1. The van der Waals surface area contributed by atoms with E-state index in [-0.39, 0.29) is 18.1 Å². The number of aryl methyl sites for hydroxylation is 1. The Hall–Kier alpha value is -4.30. The van der Waals surface area contributed by atoms with Gasteiger partial charge in [-0.05, 0) is 73.2 Å². The summed E-state index contributed by atoms with van der Waals surface area (Å²) >= 11 is 0. The summed E-state index contributed by atoms with van der Waals surface area (Å²) in [4.78, 5) is 28.0. The van der Waals surface area contributed by atoms with Crippen LogP contribution in [-0.2, 0) is 17.8 Å². The predicted octanol–water partition coefficient (Wildman–Crippen LogP) is 5.21. The average molecular weight is 567 g/mol. The van der Waals surface area contributed by atoms with Crippen molar-refractivity contribution < 1.29 is 18.7 Å². The highest BCUT2D eigenvalue weighted by Gasteiger charge is 2.24. The second-order valence-corrected chi connectivity index (χ2v) is 11.3. The van der Waals surface area contributed by atoms with Crippen LogP contribution < -0.4 is 10.1 Å². The molecule has 0 radical (unpaired) electrons. The third-order valence-electron chi connectivity index (χ3n) is 8.02. The number of allylic oxidation sites excluding steroid dienone is 4. The van der Waals surface area contributed by atoms with E-state index in [0.717, 1.165) is 41.0 Å². The lowest BCUT2D eigenvalue weighted by Crippen LogP contribution is -2.38. The summed E-state index contributed by atoms with van der Waals surface area (Å²) in [6, 6.07) is 14.2. The predicted molar refractivity (Wildman–Crippen MR) is 160 cm³/mol. The Bertz CT molecular complexity index is 1580. The molecule has 216 valence electrons. The van der Waals surface area contributed by atoms with Crippen LogP contribution in [0.3, 0.4) is 0 Å². The highest BCUT2D eigenvalue weighted by molar-refractivity contribution is 6.04. The molecule has 0 saturated carbocycles. The van der Waals surface area contributed by atoms with Crippen LogP contribution in [0.1, 0.15) is 51.9 Å². The summed E-state index contributed by atoms with van der Waals surface area (Å²) in [6.07, 6.45) is 10.5. The largest absolute Gasteiger partial charge is 0.492 e. The molecule has 0 bridgehead atoms. The highest BCUT2D eigenvalue weighted by Crippen LogP contribution is 2.34. The Balaban J connectivity index is 1.07. The molecule has 0 spiro atoms. The maximum absolute atomic E-state index is 13.6. The van der Waals surface area contributed by atoms with Gasteiger partial charge in [-0.2, -0.15) is 5.10 Å². The van der Waals surface area contributed by atoms with Crippen LogP contribution in [0.25, 0.3) is 6.08 Å². The number of carbonyl (C=O) groups excluding carboxylic acids is 2. The summed E-state index contributed by atoms with van der Waals surface area (Å²) in [5.74, 6) is 0.528. The van der Waals surface area contributed by atoms with Gasteiger partial charge in [0.1, 0.15) is 18.5 Å². The van der Waals surface area contributed by atoms with Crippen molar-refractivity contribution in [1.29, 1.82) is 0 Å². The van der Waals surface area contributed by atoms with E-state index in [4.69, 9.17) is 4.74 Å². The van der Waals surface area contributed by atoms with Gasteiger partial charge in [-0.1, -0.05) is 48.0 Å². The first-order valence-corrected chi connectivity index (χ1v) is 14.6. The molecule has 2 aromatic carbocycles. The number of hydrogen-bond donors (Lipinski definition) is 1. The fourth-order valence-corrected chi connectivity index (χ4v) is 5.69. The number of nitrogens with one attached hydrogen (secondary N) is 1. The van der Waals surface area contributed by atoms with E-state index in [1.807, 2.05) is 31.2 Å². The van der Waals surface area contributed by atoms with Crippen molar-refractivity contribution in [2.24, 2.45) is 0 Å². The number of halogens is 1. The lowest BCUT2D eigenvalue weighted by Gasteiger charge is -2.28. The summed E-state index contributed by atoms with van der Waals surface area (Å²) in [5, 5.41) is 7.29. The number of benzene rings is 2. The molecule has 7 nitrogen and oxygen atoms in total. The van der Waals surface area contributed by atoms with Crippen LogP contribution in [-0.4, -0.2) is 58.8 Å². The molecule has 1 aliphatic heterocycles. The van der Waals surface area contributed by atoms with E-state index in [1.54, 1.807) is 29.2 Å². The standard InChI is InChI=1S/C34H35FN4O3/c1-23-4-6-24(7-5-23)20-39-21-28(19-36-39)34(41)37-30-9-11-33(40)32(18-30)27-15-25-8-10-31(17-26(25)16-27)42-14-13-38-12-2-3-29(35)22-38/h4-10,16-19,21,29H,2-3,11-15,20,22H2,1H3,(H,37,41). The molecule has 6 rings (SSSR count). The van der Waals surface area contributed by atoms with E-state index in [1.165, 1.54) is 5.56 Å². The van der Waals surface area contributed by atoms with E-state index < -0.39 is 6.17 Å². The highest BCUT2D eigenvalue weighted by atomic mass is 19.1. The Labute approximate surface area is 245 Å². The van der Waals surface area contributed by atoms with Gasteiger partial charge < -0.3 is 10.1 Å². The number of likely N-dealkylation sites (tertiary alicyclic amines) is 1. The van der Waals surface area contributed by atoms with Crippen LogP contribution in [0, 0.1) is 6.92 Å². The molecule has 1 N–H and O–H groups in total.